The molecule has 100 valence electrons. The predicted molar refractivity (Wildman–Crippen MR) is 66.4 cm³/mol. The molecular formula is C12H14FN5O. The molecule has 0 aliphatic rings. The molecule has 1 amide bonds. The quantitative estimate of drug-likeness (QED) is 0.877. The van der Waals surface area contributed by atoms with Gasteiger partial charge in [0.05, 0.1) is 11.6 Å². The van der Waals surface area contributed by atoms with Gasteiger partial charge >= 0.3 is 0 Å². The number of nitrogens with one attached hydrogen (secondary N) is 2. The van der Waals surface area contributed by atoms with Crippen molar-refractivity contribution in [2.24, 2.45) is 0 Å². The Bertz CT molecular complexity index is 570. The van der Waals surface area contributed by atoms with Crippen molar-refractivity contribution in [3.8, 4) is 11.4 Å². The van der Waals surface area contributed by atoms with Crippen LogP contribution >= 0.6 is 0 Å². The zero-order valence-corrected chi connectivity index (χ0v) is 10.6. The van der Waals surface area contributed by atoms with Crippen LogP contribution in [0.15, 0.2) is 18.2 Å². The molecule has 0 radical (unpaired) electrons. The average Bonchev–Trinajstić information content (AvgIpc) is 2.92. The van der Waals surface area contributed by atoms with Crippen molar-refractivity contribution in [1.82, 2.24) is 25.9 Å². The maximum atomic E-state index is 13.7. The Labute approximate surface area is 109 Å². The van der Waals surface area contributed by atoms with Crippen molar-refractivity contribution < 1.29 is 9.18 Å². The molecule has 19 heavy (non-hydrogen) atoms. The van der Waals surface area contributed by atoms with Gasteiger partial charge in [0, 0.05) is 6.42 Å². The van der Waals surface area contributed by atoms with Crippen LogP contribution in [0.1, 0.15) is 31.9 Å². The maximum Gasteiger partial charge on any atom is 0.220 e. The summed E-state index contributed by atoms with van der Waals surface area (Å²) in [7, 11) is 0. The van der Waals surface area contributed by atoms with Crippen LogP contribution in [0.3, 0.4) is 0 Å². The number of aromatic nitrogens is 4. The Morgan fingerprint density at radius 2 is 2.32 bits per heavy atom. The van der Waals surface area contributed by atoms with E-state index in [-0.39, 0.29) is 23.3 Å². The van der Waals surface area contributed by atoms with E-state index in [1.807, 2.05) is 6.92 Å². The van der Waals surface area contributed by atoms with Crippen LogP contribution in [-0.2, 0) is 4.79 Å². The highest BCUT2D eigenvalue weighted by Crippen LogP contribution is 2.23. The van der Waals surface area contributed by atoms with Gasteiger partial charge in [-0.1, -0.05) is 13.0 Å². The lowest BCUT2D eigenvalue weighted by Gasteiger charge is -2.14. The summed E-state index contributed by atoms with van der Waals surface area (Å²) in [5, 5.41) is 15.8. The van der Waals surface area contributed by atoms with Gasteiger partial charge in [0.2, 0.25) is 5.91 Å². The van der Waals surface area contributed by atoms with Crippen molar-refractivity contribution >= 4 is 5.91 Å². The standard InChI is InChI=1S/C12H14FN5O/c1-3-11(19)14-7(2)8-4-5-10(13)9(6-8)12-15-17-18-16-12/h4-7H,3H2,1-2H3,(H,14,19)(H,15,16,17,18)/t7-/m0/s1. The molecule has 2 aromatic rings. The van der Waals surface area contributed by atoms with E-state index >= 15 is 0 Å². The Hall–Kier alpha value is -2.31. The van der Waals surface area contributed by atoms with Crippen molar-refractivity contribution in [2.45, 2.75) is 26.3 Å². The Morgan fingerprint density at radius 1 is 1.53 bits per heavy atom. The minimum Gasteiger partial charge on any atom is -0.350 e. The summed E-state index contributed by atoms with van der Waals surface area (Å²) in [6.45, 7) is 3.61. The second kappa shape index (κ2) is 5.55. The molecule has 0 saturated heterocycles. The van der Waals surface area contributed by atoms with Crippen LogP contribution in [-0.4, -0.2) is 26.5 Å². The lowest BCUT2D eigenvalue weighted by atomic mass is 10.0. The number of aromatic amines is 1. The van der Waals surface area contributed by atoms with Gasteiger partial charge < -0.3 is 5.32 Å². The van der Waals surface area contributed by atoms with Gasteiger partial charge in [-0.25, -0.2) is 9.49 Å². The third-order valence-corrected chi connectivity index (χ3v) is 2.79. The minimum atomic E-state index is -0.420. The summed E-state index contributed by atoms with van der Waals surface area (Å²) in [6.07, 6.45) is 0.407. The summed E-state index contributed by atoms with van der Waals surface area (Å²) in [5.74, 6) is -0.218. The molecule has 0 fully saturated rings. The summed E-state index contributed by atoms with van der Waals surface area (Å²) in [4.78, 5) is 11.4. The number of benzene rings is 1. The number of H-pyrrole nitrogens is 1. The van der Waals surface area contributed by atoms with E-state index in [1.165, 1.54) is 6.07 Å². The predicted octanol–water partition coefficient (Wildman–Crippen LogP) is 1.59. The van der Waals surface area contributed by atoms with Crippen LogP contribution in [0.5, 0.6) is 0 Å². The van der Waals surface area contributed by atoms with Crippen molar-refractivity contribution in [3.05, 3.63) is 29.6 Å². The lowest BCUT2D eigenvalue weighted by molar-refractivity contribution is -0.121. The van der Waals surface area contributed by atoms with Crippen LogP contribution < -0.4 is 5.32 Å². The number of amides is 1. The van der Waals surface area contributed by atoms with E-state index in [4.69, 9.17) is 0 Å². The number of hydrogen-bond donors (Lipinski definition) is 2. The minimum absolute atomic E-state index is 0.0558. The molecule has 1 atom stereocenters. The van der Waals surface area contributed by atoms with Crippen molar-refractivity contribution in [2.75, 3.05) is 0 Å². The summed E-state index contributed by atoms with van der Waals surface area (Å²) >= 11 is 0. The zero-order chi connectivity index (χ0) is 13.8. The van der Waals surface area contributed by atoms with Crippen LogP contribution in [0.2, 0.25) is 0 Å². The highest BCUT2D eigenvalue weighted by atomic mass is 19.1. The number of tetrazole rings is 1. The number of carbonyl (C=O) groups is 1. The van der Waals surface area contributed by atoms with Gasteiger partial charge in [-0.3, -0.25) is 4.79 Å². The summed E-state index contributed by atoms with van der Waals surface area (Å²) < 4.78 is 13.7. The topological polar surface area (TPSA) is 83.6 Å². The van der Waals surface area contributed by atoms with E-state index in [0.29, 0.717) is 6.42 Å². The number of carbonyl (C=O) groups excluding carboxylic acids is 1. The van der Waals surface area contributed by atoms with Gasteiger partial charge in [-0.05, 0) is 35.0 Å². The van der Waals surface area contributed by atoms with Gasteiger partial charge in [0.15, 0.2) is 5.82 Å². The Balaban J connectivity index is 2.28. The molecule has 0 aliphatic carbocycles. The third-order valence-electron chi connectivity index (χ3n) is 2.79. The molecule has 1 heterocycles. The monoisotopic (exact) mass is 263 g/mol. The smallest absolute Gasteiger partial charge is 0.220 e. The van der Waals surface area contributed by atoms with E-state index in [1.54, 1.807) is 19.1 Å². The highest BCUT2D eigenvalue weighted by Gasteiger charge is 2.14. The molecule has 0 bridgehead atoms. The van der Waals surface area contributed by atoms with E-state index in [9.17, 15) is 9.18 Å². The van der Waals surface area contributed by atoms with Crippen LogP contribution in [0, 0.1) is 5.82 Å². The highest BCUT2D eigenvalue weighted by molar-refractivity contribution is 5.76. The molecule has 2 N–H and O–H groups in total. The third kappa shape index (κ3) is 2.93. The number of halogens is 1. The first-order valence-corrected chi connectivity index (χ1v) is 5.94. The lowest BCUT2D eigenvalue weighted by Crippen LogP contribution is -2.25. The molecular weight excluding hydrogens is 249 g/mol. The largest absolute Gasteiger partial charge is 0.350 e. The fourth-order valence-electron chi connectivity index (χ4n) is 1.69. The van der Waals surface area contributed by atoms with Gasteiger partial charge in [-0.2, -0.15) is 0 Å². The maximum absolute atomic E-state index is 13.7. The normalized spacial score (nSPS) is 12.2. The molecule has 6 nitrogen and oxygen atoms in total. The zero-order valence-electron chi connectivity index (χ0n) is 10.6. The first-order chi connectivity index (χ1) is 9.11. The van der Waals surface area contributed by atoms with Gasteiger partial charge in [0.25, 0.3) is 0 Å². The molecule has 0 aliphatic heterocycles. The van der Waals surface area contributed by atoms with E-state index < -0.39 is 5.82 Å². The summed E-state index contributed by atoms with van der Waals surface area (Å²) in [6, 6.07) is 4.38. The fourth-order valence-corrected chi connectivity index (χ4v) is 1.69. The first kappa shape index (κ1) is 13.1. The molecule has 1 aromatic heterocycles. The SMILES string of the molecule is CCC(=O)N[C@@H](C)c1ccc(F)c(-c2nnn[nH]2)c1. The van der Waals surface area contributed by atoms with Crippen molar-refractivity contribution in [3.63, 3.8) is 0 Å². The van der Waals surface area contributed by atoms with Gasteiger partial charge in [0.1, 0.15) is 5.82 Å². The second-order valence-corrected chi connectivity index (χ2v) is 4.13. The second-order valence-electron chi connectivity index (χ2n) is 4.13. The number of hydrogen-bond acceptors (Lipinski definition) is 4. The summed E-state index contributed by atoms with van der Waals surface area (Å²) in [5.41, 5.74) is 1.06. The van der Waals surface area contributed by atoms with Gasteiger partial charge in [-0.15, -0.1) is 5.10 Å². The van der Waals surface area contributed by atoms with Crippen LogP contribution in [0.4, 0.5) is 4.39 Å². The van der Waals surface area contributed by atoms with E-state index in [0.717, 1.165) is 5.56 Å². The molecule has 7 heteroatoms. The first-order valence-electron chi connectivity index (χ1n) is 5.94. The molecule has 1 aromatic carbocycles. The number of rotatable bonds is 4. The molecule has 2 rings (SSSR count). The van der Waals surface area contributed by atoms with Crippen molar-refractivity contribution in [1.29, 1.82) is 0 Å². The van der Waals surface area contributed by atoms with Crippen LogP contribution in [0.25, 0.3) is 11.4 Å². The fraction of sp³-hybridized carbons (Fsp3) is 0.333. The molecule has 0 saturated carbocycles. The molecule has 0 unspecified atom stereocenters. The number of nitrogens with zero attached hydrogens (tertiary/aromatic N) is 3. The Morgan fingerprint density at radius 3 is 2.95 bits per heavy atom. The Kier molecular flexibility index (Phi) is 3.84. The van der Waals surface area contributed by atoms with E-state index in [2.05, 4.69) is 25.9 Å². The average molecular weight is 263 g/mol. The molecule has 0 spiro atoms.